The molecule has 33 heavy (non-hydrogen) atoms. The molecule has 2 unspecified atom stereocenters. The lowest BCUT2D eigenvalue weighted by atomic mass is 10.0. The molecule has 0 spiro atoms. The third-order valence-corrected chi connectivity index (χ3v) is 6.27. The number of nitrogens with one attached hydrogen (secondary N) is 2. The smallest absolute Gasteiger partial charge is 0.252 e. The first-order valence-electron chi connectivity index (χ1n) is 11.9. The topological polar surface area (TPSA) is 70.7 Å². The molecule has 0 saturated carbocycles. The standard InChI is InChI=1S/C27H37N3O3/c1-19(2)17-24(29-26(31)23-10-6-5-9-20(23)3)27(32)28-18-25(30-15-7-8-16-30)21-11-13-22(33-4)14-12-21/h5-6,9-14,19,24-25H,7-8,15-18H2,1-4H3,(H,28,32)(H,29,31). The molecular formula is C27H37N3O3. The summed E-state index contributed by atoms with van der Waals surface area (Å²) in [6, 6.07) is 15.0. The van der Waals surface area contributed by atoms with Gasteiger partial charge in [-0.25, -0.2) is 0 Å². The zero-order chi connectivity index (χ0) is 23.8. The Kier molecular flexibility index (Phi) is 8.89. The van der Waals surface area contributed by atoms with Crippen LogP contribution in [0.1, 0.15) is 60.6 Å². The summed E-state index contributed by atoms with van der Waals surface area (Å²) in [5.41, 5.74) is 2.65. The minimum absolute atomic E-state index is 0.0918. The second kappa shape index (κ2) is 11.8. The van der Waals surface area contributed by atoms with E-state index in [0.717, 1.165) is 30.0 Å². The molecule has 1 aliphatic heterocycles. The summed E-state index contributed by atoms with van der Waals surface area (Å²) in [6.07, 6.45) is 2.92. The summed E-state index contributed by atoms with van der Waals surface area (Å²) in [4.78, 5) is 28.5. The van der Waals surface area contributed by atoms with E-state index in [2.05, 4.69) is 41.5 Å². The van der Waals surface area contributed by atoms with Gasteiger partial charge in [0.2, 0.25) is 5.91 Å². The fourth-order valence-corrected chi connectivity index (χ4v) is 4.42. The normalized spacial score (nSPS) is 15.8. The van der Waals surface area contributed by atoms with Crippen molar-refractivity contribution in [3.05, 3.63) is 65.2 Å². The predicted octanol–water partition coefficient (Wildman–Crippen LogP) is 4.10. The van der Waals surface area contributed by atoms with Crippen molar-refractivity contribution in [3.63, 3.8) is 0 Å². The van der Waals surface area contributed by atoms with E-state index in [1.807, 2.05) is 37.3 Å². The molecule has 0 aromatic heterocycles. The van der Waals surface area contributed by atoms with E-state index in [1.54, 1.807) is 13.2 Å². The van der Waals surface area contributed by atoms with Crippen LogP contribution in [0.15, 0.2) is 48.5 Å². The third kappa shape index (κ3) is 6.81. The van der Waals surface area contributed by atoms with Gasteiger partial charge in [0.25, 0.3) is 5.91 Å². The SMILES string of the molecule is COc1ccc(C(CNC(=O)C(CC(C)C)NC(=O)c2ccccc2C)N2CCCC2)cc1. The number of likely N-dealkylation sites (tertiary alicyclic amines) is 1. The molecule has 0 radical (unpaired) electrons. The zero-order valence-corrected chi connectivity index (χ0v) is 20.3. The second-order valence-electron chi connectivity index (χ2n) is 9.25. The molecule has 0 aliphatic carbocycles. The molecule has 1 fully saturated rings. The summed E-state index contributed by atoms with van der Waals surface area (Å²) in [5.74, 6) is 0.747. The van der Waals surface area contributed by atoms with Gasteiger partial charge < -0.3 is 15.4 Å². The Hall–Kier alpha value is -2.86. The molecule has 0 bridgehead atoms. The van der Waals surface area contributed by atoms with Crippen LogP contribution in [0.4, 0.5) is 0 Å². The molecule has 1 heterocycles. The van der Waals surface area contributed by atoms with Crippen LogP contribution >= 0.6 is 0 Å². The Bertz CT molecular complexity index is 920. The Morgan fingerprint density at radius 2 is 1.70 bits per heavy atom. The predicted molar refractivity (Wildman–Crippen MR) is 131 cm³/mol. The van der Waals surface area contributed by atoms with E-state index in [9.17, 15) is 9.59 Å². The van der Waals surface area contributed by atoms with Gasteiger partial charge in [-0.3, -0.25) is 14.5 Å². The first-order valence-corrected chi connectivity index (χ1v) is 11.9. The molecule has 6 heteroatoms. The van der Waals surface area contributed by atoms with Crippen molar-refractivity contribution in [2.24, 2.45) is 5.92 Å². The summed E-state index contributed by atoms with van der Waals surface area (Å²) >= 11 is 0. The van der Waals surface area contributed by atoms with E-state index in [1.165, 1.54) is 12.8 Å². The van der Waals surface area contributed by atoms with Crippen molar-refractivity contribution < 1.29 is 14.3 Å². The molecular weight excluding hydrogens is 414 g/mol. The lowest BCUT2D eigenvalue weighted by Gasteiger charge is -2.29. The Labute approximate surface area is 197 Å². The Morgan fingerprint density at radius 1 is 1.03 bits per heavy atom. The number of ether oxygens (including phenoxy) is 1. The van der Waals surface area contributed by atoms with Crippen LogP contribution < -0.4 is 15.4 Å². The molecule has 1 aliphatic rings. The number of carbonyl (C=O) groups excluding carboxylic acids is 2. The summed E-state index contributed by atoms with van der Waals surface area (Å²) in [6.45, 7) is 8.56. The van der Waals surface area contributed by atoms with E-state index in [-0.39, 0.29) is 23.8 Å². The molecule has 178 valence electrons. The number of amides is 2. The molecule has 2 N–H and O–H groups in total. The van der Waals surface area contributed by atoms with Crippen LogP contribution in [0.5, 0.6) is 5.75 Å². The Balaban J connectivity index is 1.70. The van der Waals surface area contributed by atoms with E-state index in [4.69, 9.17) is 4.74 Å². The summed E-state index contributed by atoms with van der Waals surface area (Å²) in [5, 5.41) is 6.11. The number of hydrogen-bond acceptors (Lipinski definition) is 4. The van der Waals surface area contributed by atoms with E-state index in [0.29, 0.717) is 18.5 Å². The number of nitrogens with zero attached hydrogens (tertiary/aromatic N) is 1. The first kappa shape index (κ1) is 24.8. The first-order chi connectivity index (χ1) is 15.9. The molecule has 2 aromatic carbocycles. The average Bonchev–Trinajstić information content (AvgIpc) is 3.33. The van der Waals surface area contributed by atoms with Crippen LogP contribution in [-0.2, 0) is 4.79 Å². The molecule has 2 aromatic rings. The number of hydrogen-bond donors (Lipinski definition) is 2. The fraction of sp³-hybridized carbons (Fsp3) is 0.481. The highest BCUT2D eigenvalue weighted by atomic mass is 16.5. The molecule has 3 rings (SSSR count). The van der Waals surface area contributed by atoms with Crippen molar-refractivity contribution >= 4 is 11.8 Å². The number of benzene rings is 2. The van der Waals surface area contributed by atoms with Gasteiger partial charge in [0, 0.05) is 12.1 Å². The monoisotopic (exact) mass is 451 g/mol. The lowest BCUT2D eigenvalue weighted by Crippen LogP contribution is -2.49. The fourth-order valence-electron chi connectivity index (χ4n) is 4.42. The molecule has 2 amide bonds. The van der Waals surface area contributed by atoms with Crippen molar-refractivity contribution in [1.29, 1.82) is 0 Å². The third-order valence-electron chi connectivity index (χ3n) is 6.27. The van der Waals surface area contributed by atoms with Crippen molar-refractivity contribution in [2.75, 3.05) is 26.7 Å². The van der Waals surface area contributed by atoms with Crippen LogP contribution in [0, 0.1) is 12.8 Å². The highest BCUT2D eigenvalue weighted by Gasteiger charge is 2.27. The largest absolute Gasteiger partial charge is 0.497 e. The summed E-state index contributed by atoms with van der Waals surface area (Å²) in [7, 11) is 1.66. The maximum absolute atomic E-state index is 13.2. The van der Waals surface area contributed by atoms with Gasteiger partial charge in [0.15, 0.2) is 0 Å². The van der Waals surface area contributed by atoms with Gasteiger partial charge in [0.05, 0.1) is 13.2 Å². The van der Waals surface area contributed by atoms with E-state index >= 15 is 0 Å². The number of rotatable bonds is 10. The highest BCUT2D eigenvalue weighted by molar-refractivity contribution is 5.98. The zero-order valence-electron chi connectivity index (χ0n) is 20.3. The quantitative estimate of drug-likeness (QED) is 0.571. The van der Waals surface area contributed by atoms with Gasteiger partial charge in [-0.15, -0.1) is 0 Å². The van der Waals surface area contributed by atoms with Gasteiger partial charge >= 0.3 is 0 Å². The van der Waals surface area contributed by atoms with Crippen LogP contribution in [0.3, 0.4) is 0 Å². The molecule has 6 nitrogen and oxygen atoms in total. The summed E-state index contributed by atoms with van der Waals surface area (Å²) < 4.78 is 5.30. The number of carbonyl (C=O) groups is 2. The number of methoxy groups -OCH3 is 1. The number of aryl methyl sites for hydroxylation is 1. The van der Waals surface area contributed by atoms with Crippen molar-refractivity contribution in [3.8, 4) is 5.75 Å². The minimum atomic E-state index is -0.577. The van der Waals surface area contributed by atoms with Gasteiger partial charge in [-0.2, -0.15) is 0 Å². The molecule has 1 saturated heterocycles. The van der Waals surface area contributed by atoms with Crippen LogP contribution in [0.2, 0.25) is 0 Å². The molecule has 2 atom stereocenters. The van der Waals surface area contributed by atoms with Gasteiger partial charge in [-0.05, 0) is 74.5 Å². The van der Waals surface area contributed by atoms with Crippen LogP contribution in [0.25, 0.3) is 0 Å². The second-order valence-corrected chi connectivity index (χ2v) is 9.25. The van der Waals surface area contributed by atoms with Gasteiger partial charge in [-0.1, -0.05) is 44.2 Å². The van der Waals surface area contributed by atoms with Crippen LogP contribution in [-0.4, -0.2) is 49.5 Å². The highest BCUT2D eigenvalue weighted by Crippen LogP contribution is 2.26. The van der Waals surface area contributed by atoms with Crippen molar-refractivity contribution in [2.45, 2.75) is 52.1 Å². The maximum Gasteiger partial charge on any atom is 0.252 e. The lowest BCUT2D eigenvalue weighted by molar-refractivity contribution is -0.123. The van der Waals surface area contributed by atoms with Crippen molar-refractivity contribution in [1.82, 2.24) is 15.5 Å². The van der Waals surface area contributed by atoms with Gasteiger partial charge in [0.1, 0.15) is 11.8 Å². The maximum atomic E-state index is 13.2. The minimum Gasteiger partial charge on any atom is -0.497 e. The van der Waals surface area contributed by atoms with E-state index < -0.39 is 6.04 Å². The Morgan fingerprint density at radius 3 is 2.30 bits per heavy atom. The average molecular weight is 452 g/mol.